The Morgan fingerprint density at radius 1 is 1.05 bits per heavy atom. The van der Waals surface area contributed by atoms with E-state index in [0.29, 0.717) is 11.3 Å². The Hall–Kier alpha value is -2.34. The van der Waals surface area contributed by atoms with Crippen LogP contribution in [-0.2, 0) is 9.84 Å². The van der Waals surface area contributed by atoms with E-state index < -0.39 is 15.2 Å². The van der Waals surface area contributed by atoms with Gasteiger partial charge in [-0.25, -0.2) is 8.42 Å². The number of sulfone groups is 1. The van der Waals surface area contributed by atoms with E-state index >= 15 is 0 Å². The topological polar surface area (TPSA) is 63.7 Å². The van der Waals surface area contributed by atoms with Gasteiger partial charge in [0.05, 0.1) is 17.6 Å². The number of amides is 1. The van der Waals surface area contributed by atoms with E-state index in [1.54, 1.807) is 36.4 Å². The average molecular weight is 317 g/mol. The molecule has 0 bridgehead atoms. The highest BCUT2D eigenvalue weighted by atomic mass is 32.2. The van der Waals surface area contributed by atoms with Gasteiger partial charge in [0.15, 0.2) is 5.37 Å². The lowest BCUT2D eigenvalue weighted by atomic mass is 10.1. The third-order valence-corrected chi connectivity index (χ3v) is 5.94. The minimum atomic E-state index is -3.67. The van der Waals surface area contributed by atoms with E-state index in [1.807, 2.05) is 0 Å². The average Bonchev–Trinajstić information content (AvgIpc) is 2.53. The molecule has 5 nitrogen and oxygen atoms in total. The normalized spacial score (nSPS) is 19.6. The number of nitrogens with zero attached hydrogens (tertiary/aromatic N) is 1. The zero-order valence-corrected chi connectivity index (χ0v) is 13.0. The van der Waals surface area contributed by atoms with Crippen molar-refractivity contribution in [3.8, 4) is 5.75 Å². The van der Waals surface area contributed by atoms with Gasteiger partial charge in [0.2, 0.25) is 9.84 Å². The molecule has 22 heavy (non-hydrogen) atoms. The van der Waals surface area contributed by atoms with E-state index in [1.165, 1.54) is 31.2 Å². The molecule has 1 aliphatic heterocycles. The molecule has 0 saturated heterocycles. The number of benzene rings is 2. The lowest BCUT2D eigenvalue weighted by Crippen LogP contribution is -2.41. The van der Waals surface area contributed by atoms with Crippen LogP contribution in [0.4, 0.5) is 0 Å². The number of fused-ring (bicyclic) bond motifs is 1. The van der Waals surface area contributed by atoms with Gasteiger partial charge in [-0.3, -0.25) is 4.79 Å². The summed E-state index contributed by atoms with van der Waals surface area (Å²) < 4.78 is 30.9. The van der Waals surface area contributed by atoms with Crippen LogP contribution in [0.2, 0.25) is 0 Å². The van der Waals surface area contributed by atoms with Crippen LogP contribution in [-0.4, -0.2) is 33.4 Å². The van der Waals surface area contributed by atoms with Crippen molar-refractivity contribution in [2.75, 3.05) is 14.2 Å². The maximum Gasteiger partial charge on any atom is 0.256 e. The fourth-order valence-electron chi connectivity index (χ4n) is 2.69. The van der Waals surface area contributed by atoms with Crippen molar-refractivity contribution < 1.29 is 17.9 Å². The van der Waals surface area contributed by atoms with Gasteiger partial charge in [-0.05, 0) is 29.8 Å². The smallest absolute Gasteiger partial charge is 0.256 e. The van der Waals surface area contributed by atoms with Crippen LogP contribution in [0.25, 0.3) is 0 Å². The van der Waals surface area contributed by atoms with Crippen molar-refractivity contribution in [1.29, 1.82) is 0 Å². The summed E-state index contributed by atoms with van der Waals surface area (Å²) in [6.07, 6.45) is 0. The molecule has 0 aromatic heterocycles. The first-order valence-electron chi connectivity index (χ1n) is 6.71. The van der Waals surface area contributed by atoms with Crippen LogP contribution in [0.3, 0.4) is 0 Å². The molecule has 1 amide bonds. The first-order valence-corrected chi connectivity index (χ1v) is 8.25. The molecular weight excluding hydrogens is 302 g/mol. The summed E-state index contributed by atoms with van der Waals surface area (Å²) in [6.45, 7) is 0. The fraction of sp³-hybridized carbons (Fsp3) is 0.188. The Balaban J connectivity index is 2.18. The summed E-state index contributed by atoms with van der Waals surface area (Å²) in [5, 5.41) is -1.03. The molecule has 0 N–H and O–H groups in total. The van der Waals surface area contributed by atoms with Crippen molar-refractivity contribution in [1.82, 2.24) is 4.90 Å². The molecule has 2 aromatic rings. The summed E-state index contributed by atoms with van der Waals surface area (Å²) in [4.78, 5) is 13.8. The molecule has 0 aliphatic carbocycles. The quantitative estimate of drug-likeness (QED) is 0.852. The Labute approximate surface area is 129 Å². The van der Waals surface area contributed by atoms with Gasteiger partial charge in [0, 0.05) is 7.05 Å². The van der Waals surface area contributed by atoms with Crippen molar-refractivity contribution in [3.05, 3.63) is 59.7 Å². The number of rotatable bonds is 2. The van der Waals surface area contributed by atoms with Crippen molar-refractivity contribution in [3.63, 3.8) is 0 Å². The maximum absolute atomic E-state index is 12.9. The number of methoxy groups -OCH3 is 1. The second-order valence-corrected chi connectivity index (χ2v) is 7.06. The van der Waals surface area contributed by atoms with E-state index in [-0.39, 0.29) is 16.4 Å². The van der Waals surface area contributed by atoms with Crippen LogP contribution < -0.4 is 4.74 Å². The van der Waals surface area contributed by atoms with Crippen molar-refractivity contribution in [2.45, 2.75) is 10.3 Å². The molecule has 0 fully saturated rings. The second-order valence-electron chi connectivity index (χ2n) is 5.08. The third-order valence-electron chi connectivity index (χ3n) is 3.79. The zero-order chi connectivity index (χ0) is 15.9. The Morgan fingerprint density at radius 3 is 2.32 bits per heavy atom. The molecule has 1 aliphatic rings. The fourth-order valence-corrected chi connectivity index (χ4v) is 4.69. The summed E-state index contributed by atoms with van der Waals surface area (Å²) in [6, 6.07) is 13.0. The lowest BCUT2D eigenvalue weighted by molar-refractivity contribution is 0.0761. The second kappa shape index (κ2) is 5.14. The number of hydrogen-bond donors (Lipinski definition) is 0. The van der Waals surface area contributed by atoms with E-state index in [4.69, 9.17) is 4.74 Å². The predicted octanol–water partition coefficient (Wildman–Crippen LogP) is 2.25. The van der Waals surface area contributed by atoms with Gasteiger partial charge in [-0.2, -0.15) is 0 Å². The maximum atomic E-state index is 12.9. The minimum absolute atomic E-state index is 0.0823. The number of hydrogen-bond acceptors (Lipinski definition) is 4. The van der Waals surface area contributed by atoms with Crippen LogP contribution in [0.5, 0.6) is 5.75 Å². The van der Waals surface area contributed by atoms with Crippen molar-refractivity contribution >= 4 is 15.7 Å². The molecule has 1 unspecified atom stereocenters. The molecule has 0 saturated carbocycles. The minimum Gasteiger partial charge on any atom is -0.497 e. The summed E-state index contributed by atoms with van der Waals surface area (Å²) in [5.41, 5.74) is 0.751. The first-order chi connectivity index (χ1) is 10.5. The molecule has 3 rings (SSSR count). The predicted molar refractivity (Wildman–Crippen MR) is 81.5 cm³/mol. The number of carbonyl (C=O) groups excluding carboxylic acids is 1. The van der Waals surface area contributed by atoms with Crippen LogP contribution in [0.15, 0.2) is 53.4 Å². The van der Waals surface area contributed by atoms with Crippen LogP contribution in [0, 0.1) is 0 Å². The van der Waals surface area contributed by atoms with E-state index in [2.05, 4.69) is 0 Å². The molecule has 1 heterocycles. The highest BCUT2D eigenvalue weighted by Crippen LogP contribution is 2.38. The molecular formula is C16H15NO4S. The SMILES string of the molecule is COc1ccc(C2N(C)C(=O)c3ccccc3S2(=O)=O)cc1. The Morgan fingerprint density at radius 2 is 1.68 bits per heavy atom. The third kappa shape index (κ3) is 2.07. The molecule has 0 spiro atoms. The monoisotopic (exact) mass is 317 g/mol. The Kier molecular flexibility index (Phi) is 3.41. The summed E-state index contributed by atoms with van der Waals surface area (Å²) >= 11 is 0. The lowest BCUT2D eigenvalue weighted by Gasteiger charge is -2.33. The summed E-state index contributed by atoms with van der Waals surface area (Å²) in [7, 11) is -0.629. The van der Waals surface area contributed by atoms with Gasteiger partial charge < -0.3 is 9.64 Å². The molecule has 6 heteroatoms. The van der Waals surface area contributed by atoms with E-state index in [9.17, 15) is 13.2 Å². The standard InChI is InChI=1S/C16H15NO4S/c1-17-15(18)13-5-3-4-6-14(13)22(19,20)16(17)11-7-9-12(21-2)10-8-11/h3-10,16H,1-2H3. The first kappa shape index (κ1) is 14.6. The summed E-state index contributed by atoms with van der Waals surface area (Å²) in [5.74, 6) is 0.331. The van der Waals surface area contributed by atoms with Gasteiger partial charge in [0.1, 0.15) is 5.75 Å². The molecule has 114 valence electrons. The van der Waals surface area contributed by atoms with Crippen LogP contribution >= 0.6 is 0 Å². The largest absolute Gasteiger partial charge is 0.497 e. The van der Waals surface area contributed by atoms with Gasteiger partial charge >= 0.3 is 0 Å². The molecule has 0 radical (unpaired) electrons. The van der Waals surface area contributed by atoms with Gasteiger partial charge in [0.25, 0.3) is 5.91 Å². The Bertz CT molecular complexity index is 827. The number of ether oxygens (including phenoxy) is 1. The van der Waals surface area contributed by atoms with E-state index in [0.717, 1.165) is 0 Å². The van der Waals surface area contributed by atoms with Gasteiger partial charge in [-0.15, -0.1) is 0 Å². The molecule has 1 atom stereocenters. The van der Waals surface area contributed by atoms with Crippen LogP contribution in [0.1, 0.15) is 21.3 Å². The highest BCUT2D eigenvalue weighted by molar-refractivity contribution is 7.91. The number of carbonyl (C=O) groups is 1. The van der Waals surface area contributed by atoms with Gasteiger partial charge in [-0.1, -0.05) is 24.3 Å². The molecule has 2 aromatic carbocycles. The zero-order valence-electron chi connectivity index (χ0n) is 12.2. The highest BCUT2D eigenvalue weighted by Gasteiger charge is 2.42. The van der Waals surface area contributed by atoms with Crippen molar-refractivity contribution in [2.24, 2.45) is 0 Å².